The lowest BCUT2D eigenvalue weighted by atomic mass is 10.1. The van der Waals surface area contributed by atoms with Crippen molar-refractivity contribution in [1.29, 1.82) is 0 Å². The molecule has 0 aliphatic rings. The van der Waals surface area contributed by atoms with Crippen molar-refractivity contribution >= 4 is 0 Å². The number of rotatable bonds is 4. The van der Waals surface area contributed by atoms with Crippen molar-refractivity contribution in [2.45, 2.75) is 19.4 Å². The molecule has 1 aromatic rings. The number of nitrogens with two attached hydrogens (primary N) is 1. The number of benzene rings is 1. The summed E-state index contributed by atoms with van der Waals surface area (Å²) in [4.78, 5) is 0. The normalized spacial score (nSPS) is 12.3. The zero-order chi connectivity index (χ0) is 11.4. The van der Waals surface area contributed by atoms with Crippen molar-refractivity contribution in [1.82, 2.24) is 0 Å². The summed E-state index contributed by atoms with van der Waals surface area (Å²) in [7, 11) is 3.00. The van der Waals surface area contributed by atoms with Gasteiger partial charge in [0.1, 0.15) is 17.3 Å². The summed E-state index contributed by atoms with van der Waals surface area (Å²) in [5.41, 5.74) is 6.51. The van der Waals surface area contributed by atoms with Crippen LogP contribution in [0.2, 0.25) is 0 Å². The third-order valence-electron chi connectivity index (χ3n) is 2.10. The molecule has 0 fully saturated rings. The van der Waals surface area contributed by atoms with Gasteiger partial charge in [-0.3, -0.25) is 0 Å². The number of methoxy groups -OCH3 is 2. The lowest BCUT2D eigenvalue weighted by molar-refractivity contribution is 0.378. The Labute approximate surface area is 89.0 Å². The van der Waals surface area contributed by atoms with Gasteiger partial charge in [0, 0.05) is 23.7 Å². The number of ether oxygens (including phenoxy) is 2. The summed E-state index contributed by atoms with van der Waals surface area (Å²) in [5.74, 6) is 0.574. The van der Waals surface area contributed by atoms with Crippen LogP contribution in [0.4, 0.5) is 4.39 Å². The van der Waals surface area contributed by atoms with Gasteiger partial charge in [0.05, 0.1) is 14.2 Å². The molecule has 0 amide bonds. The minimum atomic E-state index is -0.378. The molecule has 15 heavy (non-hydrogen) atoms. The van der Waals surface area contributed by atoms with E-state index in [1.54, 1.807) is 0 Å². The molecule has 0 radical (unpaired) electrons. The molecule has 1 aromatic carbocycles. The second-order valence-corrected chi connectivity index (χ2v) is 3.47. The van der Waals surface area contributed by atoms with E-state index in [4.69, 9.17) is 15.2 Å². The van der Waals surface area contributed by atoms with Crippen LogP contribution < -0.4 is 15.2 Å². The fraction of sp³-hybridized carbons (Fsp3) is 0.455. The van der Waals surface area contributed by atoms with Gasteiger partial charge in [-0.1, -0.05) is 0 Å². The molecule has 1 rings (SSSR count). The zero-order valence-corrected chi connectivity index (χ0v) is 9.21. The van der Waals surface area contributed by atoms with E-state index < -0.39 is 0 Å². The van der Waals surface area contributed by atoms with Crippen LogP contribution in [0.15, 0.2) is 12.1 Å². The van der Waals surface area contributed by atoms with Crippen molar-refractivity contribution < 1.29 is 13.9 Å². The molecule has 4 heteroatoms. The third-order valence-corrected chi connectivity index (χ3v) is 2.10. The van der Waals surface area contributed by atoms with Gasteiger partial charge in [0.15, 0.2) is 0 Å². The van der Waals surface area contributed by atoms with E-state index in [1.165, 1.54) is 26.4 Å². The van der Waals surface area contributed by atoms with Crippen molar-refractivity contribution in [2.24, 2.45) is 5.73 Å². The monoisotopic (exact) mass is 213 g/mol. The van der Waals surface area contributed by atoms with Gasteiger partial charge in [0.25, 0.3) is 0 Å². The smallest absolute Gasteiger partial charge is 0.130 e. The largest absolute Gasteiger partial charge is 0.496 e. The van der Waals surface area contributed by atoms with Gasteiger partial charge in [0.2, 0.25) is 0 Å². The Bertz CT molecular complexity index is 314. The van der Waals surface area contributed by atoms with Crippen molar-refractivity contribution in [3.63, 3.8) is 0 Å². The minimum Gasteiger partial charge on any atom is -0.496 e. The maximum Gasteiger partial charge on any atom is 0.130 e. The molecule has 1 unspecified atom stereocenters. The zero-order valence-electron chi connectivity index (χ0n) is 9.21. The van der Waals surface area contributed by atoms with E-state index in [1.807, 2.05) is 6.92 Å². The highest BCUT2D eigenvalue weighted by atomic mass is 19.1. The highest BCUT2D eigenvalue weighted by Crippen LogP contribution is 2.30. The SMILES string of the molecule is COc1cc(F)cc(OC)c1CC(C)N. The molecule has 1 atom stereocenters. The molecule has 0 saturated carbocycles. The Balaban J connectivity index is 3.18. The highest BCUT2D eigenvalue weighted by Gasteiger charge is 2.13. The average molecular weight is 213 g/mol. The van der Waals surface area contributed by atoms with Crippen molar-refractivity contribution in [3.05, 3.63) is 23.5 Å². The Morgan fingerprint density at radius 3 is 2.07 bits per heavy atom. The van der Waals surface area contributed by atoms with Gasteiger partial charge in [-0.15, -0.1) is 0 Å². The first-order valence-electron chi connectivity index (χ1n) is 4.74. The maximum atomic E-state index is 13.1. The molecule has 0 spiro atoms. The lowest BCUT2D eigenvalue weighted by Crippen LogP contribution is -2.18. The summed E-state index contributed by atoms with van der Waals surface area (Å²) in [5, 5.41) is 0. The summed E-state index contributed by atoms with van der Waals surface area (Å²) in [6.45, 7) is 1.88. The van der Waals surface area contributed by atoms with Gasteiger partial charge in [-0.2, -0.15) is 0 Å². The molecular formula is C11H16FNO2. The lowest BCUT2D eigenvalue weighted by Gasteiger charge is -2.14. The third kappa shape index (κ3) is 2.83. The van der Waals surface area contributed by atoms with Crippen LogP contribution in [0.1, 0.15) is 12.5 Å². The first-order valence-corrected chi connectivity index (χ1v) is 4.74. The number of hydrogen-bond donors (Lipinski definition) is 1. The number of halogens is 1. The van der Waals surface area contributed by atoms with Gasteiger partial charge >= 0.3 is 0 Å². The fourth-order valence-corrected chi connectivity index (χ4v) is 1.48. The van der Waals surface area contributed by atoms with Gasteiger partial charge < -0.3 is 15.2 Å². The van der Waals surface area contributed by atoms with Crippen molar-refractivity contribution in [2.75, 3.05) is 14.2 Å². The predicted molar refractivity (Wildman–Crippen MR) is 56.9 cm³/mol. The van der Waals surface area contributed by atoms with Crippen LogP contribution in [0.25, 0.3) is 0 Å². The summed E-state index contributed by atoms with van der Waals surface area (Å²) >= 11 is 0. The van der Waals surface area contributed by atoms with Crippen molar-refractivity contribution in [3.8, 4) is 11.5 Å². The summed E-state index contributed by atoms with van der Waals surface area (Å²) in [6.07, 6.45) is 0.590. The van der Waals surface area contributed by atoms with E-state index in [0.29, 0.717) is 17.9 Å². The molecule has 0 aliphatic carbocycles. The van der Waals surface area contributed by atoms with Crippen LogP contribution in [-0.4, -0.2) is 20.3 Å². The molecule has 0 bridgehead atoms. The van der Waals surface area contributed by atoms with Crippen LogP contribution in [0, 0.1) is 5.82 Å². The quantitative estimate of drug-likeness (QED) is 0.828. The Morgan fingerprint density at radius 2 is 1.73 bits per heavy atom. The highest BCUT2D eigenvalue weighted by molar-refractivity contribution is 5.45. The second kappa shape index (κ2) is 4.98. The minimum absolute atomic E-state index is 0.0294. The molecule has 84 valence electrons. The second-order valence-electron chi connectivity index (χ2n) is 3.47. The average Bonchev–Trinajstić information content (AvgIpc) is 2.19. The first kappa shape index (κ1) is 11.8. The van der Waals surface area contributed by atoms with Gasteiger partial charge in [-0.25, -0.2) is 4.39 Å². The molecule has 3 nitrogen and oxygen atoms in total. The number of hydrogen-bond acceptors (Lipinski definition) is 3. The first-order chi connectivity index (χ1) is 7.08. The topological polar surface area (TPSA) is 44.5 Å². The van der Waals surface area contributed by atoms with Crippen LogP contribution in [0.3, 0.4) is 0 Å². The molecule has 0 aliphatic heterocycles. The van der Waals surface area contributed by atoms with E-state index in [0.717, 1.165) is 5.56 Å². The molecule has 2 N–H and O–H groups in total. The Kier molecular flexibility index (Phi) is 3.91. The van der Waals surface area contributed by atoms with Crippen LogP contribution in [-0.2, 0) is 6.42 Å². The maximum absolute atomic E-state index is 13.1. The fourth-order valence-electron chi connectivity index (χ4n) is 1.48. The van der Waals surface area contributed by atoms with Gasteiger partial charge in [-0.05, 0) is 13.3 Å². The molecular weight excluding hydrogens is 197 g/mol. The Morgan fingerprint density at radius 1 is 1.27 bits per heavy atom. The van der Waals surface area contributed by atoms with Crippen LogP contribution >= 0.6 is 0 Å². The molecule has 0 heterocycles. The van der Waals surface area contributed by atoms with E-state index >= 15 is 0 Å². The molecule has 0 aromatic heterocycles. The Hall–Kier alpha value is -1.29. The van der Waals surface area contributed by atoms with E-state index in [9.17, 15) is 4.39 Å². The summed E-state index contributed by atoms with van der Waals surface area (Å²) < 4.78 is 23.3. The van der Waals surface area contributed by atoms with E-state index in [2.05, 4.69) is 0 Å². The molecule has 0 saturated heterocycles. The summed E-state index contributed by atoms with van der Waals surface area (Å²) in [6, 6.07) is 2.64. The van der Waals surface area contributed by atoms with Crippen LogP contribution in [0.5, 0.6) is 11.5 Å². The van der Waals surface area contributed by atoms with E-state index in [-0.39, 0.29) is 11.9 Å². The predicted octanol–water partition coefficient (Wildman–Crippen LogP) is 1.73. The standard InChI is InChI=1S/C11H16FNO2/c1-7(13)4-9-10(14-2)5-8(12)6-11(9)15-3/h5-7H,4,13H2,1-3H3.